The molecule has 2 saturated carbocycles. The number of carbonyl (C=O) groups is 3. The maximum absolute atomic E-state index is 13.8. The van der Waals surface area contributed by atoms with Crippen LogP contribution in [0.1, 0.15) is 138 Å². The summed E-state index contributed by atoms with van der Waals surface area (Å²) >= 11 is 0. The van der Waals surface area contributed by atoms with Gasteiger partial charge in [-0.15, -0.1) is 0 Å². The van der Waals surface area contributed by atoms with Gasteiger partial charge in [0.2, 0.25) is 11.7 Å². The third kappa shape index (κ3) is 7.58. The number of rotatable bonds is 13. The molecule has 48 heavy (non-hydrogen) atoms. The van der Waals surface area contributed by atoms with Crippen LogP contribution in [0.25, 0.3) is 5.57 Å². The van der Waals surface area contributed by atoms with Crippen molar-refractivity contribution in [2.75, 3.05) is 23.3 Å². The van der Waals surface area contributed by atoms with E-state index in [1.54, 1.807) is 6.92 Å². The maximum atomic E-state index is 13.8. The number of anilines is 2. The SMILES string of the molecule is CCC(C)(C)C(=O)Nc1cc(N(CCCC2CCCC2)CCCC2CCCC2)ccc1C1=C(O)/C(=C2\C(=O)N(C(C)(C)C)N=C2C)C1=O. The fraction of sp³-hybridized carbons (Fsp3) is 0.650. The van der Waals surface area contributed by atoms with Crippen molar-refractivity contribution in [2.45, 2.75) is 137 Å². The summed E-state index contributed by atoms with van der Waals surface area (Å²) in [6.07, 6.45) is 16.2. The third-order valence-corrected chi connectivity index (χ3v) is 11.2. The summed E-state index contributed by atoms with van der Waals surface area (Å²) in [5.74, 6) is 0.488. The molecular formula is C40H58N4O4. The summed E-state index contributed by atoms with van der Waals surface area (Å²) in [5.41, 5.74) is 1.46. The predicted molar refractivity (Wildman–Crippen MR) is 195 cm³/mol. The molecule has 1 heterocycles. The van der Waals surface area contributed by atoms with Crippen molar-refractivity contribution in [1.29, 1.82) is 0 Å². The lowest BCUT2D eigenvalue weighted by molar-refractivity contribution is -0.130. The van der Waals surface area contributed by atoms with Crippen molar-refractivity contribution >= 4 is 40.3 Å². The van der Waals surface area contributed by atoms with Crippen LogP contribution in [0.2, 0.25) is 0 Å². The van der Waals surface area contributed by atoms with Gasteiger partial charge in [0.1, 0.15) is 5.76 Å². The standard InChI is InChI=1S/C40H58N4O4/c1-8-40(6,7)38(48)41-31-25-29(43(23-13-19-27-15-9-10-16-27)24-14-20-28-17-11-12-18-28)21-22-30(31)33-35(45)34(36(33)46)32-26(2)42-44(37(32)47)39(3,4)5/h21-22,25,27-28,45H,8-20,23-24H2,1-7H3,(H,41,48)/b34-32+. The van der Waals surface area contributed by atoms with Crippen molar-refractivity contribution in [3.05, 3.63) is 40.7 Å². The minimum Gasteiger partial charge on any atom is -0.506 e. The predicted octanol–water partition coefficient (Wildman–Crippen LogP) is 8.97. The van der Waals surface area contributed by atoms with Crippen LogP contribution >= 0.6 is 0 Å². The van der Waals surface area contributed by atoms with Gasteiger partial charge in [0, 0.05) is 29.8 Å². The zero-order chi connectivity index (χ0) is 34.8. The quantitative estimate of drug-likeness (QED) is 0.206. The van der Waals surface area contributed by atoms with Gasteiger partial charge in [-0.2, -0.15) is 5.10 Å². The number of hydrogen-bond donors (Lipinski definition) is 2. The Hall–Kier alpha value is -3.42. The first-order chi connectivity index (χ1) is 22.7. The van der Waals surface area contributed by atoms with E-state index in [9.17, 15) is 19.5 Å². The van der Waals surface area contributed by atoms with Gasteiger partial charge >= 0.3 is 0 Å². The molecular weight excluding hydrogens is 600 g/mol. The maximum Gasteiger partial charge on any atom is 0.277 e. The number of aliphatic hydroxyl groups excluding tert-OH is 1. The summed E-state index contributed by atoms with van der Waals surface area (Å²) < 4.78 is 0. The van der Waals surface area contributed by atoms with E-state index in [4.69, 9.17) is 0 Å². The second kappa shape index (κ2) is 14.6. The van der Waals surface area contributed by atoms with E-state index >= 15 is 0 Å². The fourth-order valence-corrected chi connectivity index (χ4v) is 7.75. The van der Waals surface area contributed by atoms with Gasteiger partial charge in [-0.05, 0) is 89.8 Å². The van der Waals surface area contributed by atoms with Gasteiger partial charge in [-0.25, -0.2) is 5.01 Å². The highest BCUT2D eigenvalue weighted by Gasteiger charge is 2.45. The Morgan fingerprint density at radius 1 is 0.917 bits per heavy atom. The van der Waals surface area contributed by atoms with Crippen LogP contribution in [0.4, 0.5) is 11.4 Å². The topological polar surface area (TPSA) is 102 Å². The molecule has 0 atom stereocenters. The second-order valence-electron chi connectivity index (χ2n) is 16.3. The number of nitrogens with zero attached hydrogens (tertiary/aromatic N) is 3. The zero-order valence-corrected chi connectivity index (χ0v) is 30.5. The number of allylic oxidation sites excluding steroid dienone is 2. The lowest BCUT2D eigenvalue weighted by atomic mass is 9.79. The molecule has 0 radical (unpaired) electrons. The number of ketones is 1. The highest BCUT2D eigenvalue weighted by molar-refractivity contribution is 6.44. The Bertz CT molecular complexity index is 1480. The summed E-state index contributed by atoms with van der Waals surface area (Å²) in [5, 5.41) is 20.3. The lowest BCUT2D eigenvalue weighted by Gasteiger charge is -2.30. The number of hydrazone groups is 1. The monoisotopic (exact) mass is 658 g/mol. The molecule has 0 aromatic heterocycles. The van der Waals surface area contributed by atoms with E-state index in [2.05, 4.69) is 15.3 Å². The van der Waals surface area contributed by atoms with Gasteiger partial charge in [0.25, 0.3) is 5.91 Å². The Morgan fingerprint density at radius 3 is 1.96 bits per heavy atom. The van der Waals surface area contributed by atoms with Crippen molar-refractivity contribution in [3.63, 3.8) is 0 Å². The number of hydrogen-bond acceptors (Lipinski definition) is 6. The van der Waals surface area contributed by atoms with Gasteiger partial charge in [-0.1, -0.05) is 72.1 Å². The molecule has 1 aromatic rings. The molecule has 2 fully saturated rings. The number of aliphatic hydroxyl groups is 1. The highest BCUT2D eigenvalue weighted by atomic mass is 16.3. The van der Waals surface area contributed by atoms with Crippen molar-refractivity contribution < 1.29 is 19.5 Å². The van der Waals surface area contributed by atoms with Crippen LogP contribution in [0.3, 0.4) is 0 Å². The fourth-order valence-electron chi connectivity index (χ4n) is 7.75. The van der Waals surface area contributed by atoms with Crippen LogP contribution in [0.15, 0.2) is 40.2 Å². The van der Waals surface area contributed by atoms with Gasteiger partial charge < -0.3 is 15.3 Å². The first-order valence-corrected chi connectivity index (χ1v) is 18.6. The van der Waals surface area contributed by atoms with Crippen molar-refractivity contribution in [2.24, 2.45) is 22.4 Å². The van der Waals surface area contributed by atoms with E-state index in [1.165, 1.54) is 69.2 Å². The van der Waals surface area contributed by atoms with E-state index in [-0.39, 0.29) is 28.4 Å². The van der Waals surface area contributed by atoms with E-state index in [1.807, 2.05) is 59.7 Å². The molecule has 3 aliphatic carbocycles. The Balaban J connectivity index is 1.48. The minimum atomic E-state index is -0.622. The van der Waals surface area contributed by atoms with Gasteiger partial charge in [0.05, 0.1) is 33.7 Å². The van der Waals surface area contributed by atoms with Crippen LogP contribution in [-0.2, 0) is 14.4 Å². The van der Waals surface area contributed by atoms with Crippen LogP contribution in [0.5, 0.6) is 0 Å². The number of nitrogens with one attached hydrogen (secondary N) is 1. The van der Waals surface area contributed by atoms with Crippen LogP contribution in [-0.4, -0.2) is 52.1 Å². The van der Waals surface area contributed by atoms with Crippen molar-refractivity contribution in [3.8, 4) is 0 Å². The summed E-state index contributed by atoms with van der Waals surface area (Å²) in [4.78, 5) is 43.2. The van der Waals surface area contributed by atoms with Crippen LogP contribution < -0.4 is 10.2 Å². The Morgan fingerprint density at radius 2 is 1.48 bits per heavy atom. The minimum absolute atomic E-state index is 0.00121. The van der Waals surface area contributed by atoms with Crippen molar-refractivity contribution in [1.82, 2.24) is 5.01 Å². The first-order valence-electron chi connectivity index (χ1n) is 18.6. The number of carbonyl (C=O) groups excluding carboxylic acids is 3. The molecule has 0 bridgehead atoms. The molecule has 5 rings (SSSR count). The number of Topliss-reactive ketones (excluding diaryl/α,β-unsaturated/α-hetero) is 1. The van der Waals surface area contributed by atoms with E-state index in [0.717, 1.165) is 43.5 Å². The third-order valence-electron chi connectivity index (χ3n) is 11.2. The Kier molecular flexibility index (Phi) is 10.9. The largest absolute Gasteiger partial charge is 0.506 e. The first kappa shape index (κ1) is 35.9. The normalized spacial score (nSPS) is 21.0. The zero-order valence-electron chi connectivity index (χ0n) is 30.5. The molecule has 4 aliphatic rings. The molecule has 8 nitrogen and oxygen atoms in total. The average Bonchev–Trinajstić information content (AvgIpc) is 3.81. The molecule has 2 N–H and O–H groups in total. The molecule has 1 aromatic carbocycles. The molecule has 0 unspecified atom stereocenters. The number of benzene rings is 1. The highest BCUT2D eigenvalue weighted by Crippen LogP contribution is 2.44. The lowest BCUT2D eigenvalue weighted by Crippen LogP contribution is -2.40. The molecule has 262 valence electrons. The summed E-state index contributed by atoms with van der Waals surface area (Å²) in [6, 6.07) is 5.86. The molecule has 1 aliphatic heterocycles. The van der Waals surface area contributed by atoms with Gasteiger partial charge in [0.15, 0.2) is 0 Å². The van der Waals surface area contributed by atoms with E-state index < -0.39 is 22.6 Å². The second-order valence-corrected chi connectivity index (χ2v) is 16.3. The van der Waals surface area contributed by atoms with E-state index in [0.29, 0.717) is 23.4 Å². The molecule has 0 spiro atoms. The van der Waals surface area contributed by atoms with Crippen LogP contribution in [0, 0.1) is 17.3 Å². The average molecular weight is 659 g/mol. The van der Waals surface area contributed by atoms with Gasteiger partial charge in [-0.3, -0.25) is 14.4 Å². The molecule has 0 saturated heterocycles. The smallest absolute Gasteiger partial charge is 0.277 e. The molecule has 2 amide bonds. The number of amides is 2. The summed E-state index contributed by atoms with van der Waals surface area (Å²) in [7, 11) is 0. The molecule has 8 heteroatoms. The Labute approximate surface area is 288 Å². The summed E-state index contributed by atoms with van der Waals surface area (Å²) in [6.45, 7) is 15.0.